The van der Waals surface area contributed by atoms with Gasteiger partial charge in [-0.3, -0.25) is 14.3 Å². The molecule has 1 aromatic rings. The minimum absolute atomic E-state index is 0.0229. The van der Waals surface area contributed by atoms with Gasteiger partial charge in [0.05, 0.1) is 0 Å². The molecule has 1 fully saturated rings. The number of hydrogen-bond acceptors (Lipinski definition) is 4. The van der Waals surface area contributed by atoms with Crippen molar-refractivity contribution >= 4 is 0 Å². The first-order valence-electron chi connectivity index (χ1n) is 5.56. The second kappa shape index (κ2) is 4.55. The van der Waals surface area contributed by atoms with Crippen LogP contribution in [0.1, 0.15) is 18.4 Å². The number of likely N-dealkylation sites (N-methyl/N-ethyl adjacent to an activating group) is 1. The smallest absolute Gasteiger partial charge is 0.302 e. The third kappa shape index (κ3) is 2.29. The Balaban J connectivity index is 2.30. The molecule has 1 aliphatic heterocycles. The number of hydrogen-bond donors (Lipinski definition) is 1. The molecule has 1 atom stereocenters. The van der Waals surface area contributed by atoms with Crippen molar-refractivity contribution in [1.82, 2.24) is 14.5 Å². The molecule has 0 aromatic carbocycles. The lowest BCUT2D eigenvalue weighted by atomic mass is 10.2. The van der Waals surface area contributed by atoms with Crippen molar-refractivity contribution in [2.24, 2.45) is 0 Å². The zero-order valence-corrected chi connectivity index (χ0v) is 9.64. The highest BCUT2D eigenvalue weighted by Crippen LogP contribution is 2.15. The summed E-state index contributed by atoms with van der Waals surface area (Å²) in [5, 5.41) is 8.75. The molecule has 90 valence electrons. The summed E-state index contributed by atoms with van der Waals surface area (Å²) in [4.78, 5) is 27.1. The molecule has 2 heterocycles. The molecule has 0 aliphatic carbocycles. The highest BCUT2D eigenvalue weighted by Gasteiger charge is 2.21. The van der Waals surface area contributed by atoms with Crippen LogP contribution in [0.5, 0.6) is 0 Å². The van der Waals surface area contributed by atoms with Crippen LogP contribution in [0, 0.1) is 11.3 Å². The largest absolute Gasteiger partial charge is 0.328 e. The molecule has 0 radical (unpaired) electrons. The van der Waals surface area contributed by atoms with E-state index in [9.17, 15) is 9.59 Å². The Morgan fingerprint density at radius 3 is 2.94 bits per heavy atom. The highest BCUT2D eigenvalue weighted by atomic mass is 16.2. The lowest BCUT2D eigenvalue weighted by molar-refractivity contribution is 0.278. The second-order valence-electron chi connectivity index (χ2n) is 4.34. The first kappa shape index (κ1) is 11.6. The maximum absolute atomic E-state index is 11.6. The molecule has 0 bridgehead atoms. The molecule has 0 amide bonds. The van der Waals surface area contributed by atoms with Crippen LogP contribution in [-0.4, -0.2) is 34.1 Å². The number of H-pyrrole nitrogens is 1. The summed E-state index contributed by atoms with van der Waals surface area (Å²) in [5.41, 5.74) is -1.09. The molecule has 17 heavy (non-hydrogen) atoms. The van der Waals surface area contributed by atoms with Gasteiger partial charge in [-0.1, -0.05) is 0 Å². The van der Waals surface area contributed by atoms with Crippen molar-refractivity contribution in [2.45, 2.75) is 25.4 Å². The summed E-state index contributed by atoms with van der Waals surface area (Å²) in [6, 6.07) is 2.08. The Hall–Kier alpha value is -1.87. The van der Waals surface area contributed by atoms with E-state index in [2.05, 4.69) is 9.88 Å². The van der Waals surface area contributed by atoms with Gasteiger partial charge in [-0.15, -0.1) is 0 Å². The number of aromatic nitrogens is 2. The normalized spacial score (nSPS) is 20.4. The van der Waals surface area contributed by atoms with Gasteiger partial charge in [-0.25, -0.2) is 4.79 Å². The van der Waals surface area contributed by atoms with Crippen LogP contribution in [-0.2, 0) is 6.54 Å². The van der Waals surface area contributed by atoms with E-state index in [1.807, 2.05) is 7.05 Å². The Bertz CT molecular complexity index is 566. The van der Waals surface area contributed by atoms with Crippen molar-refractivity contribution in [3.8, 4) is 6.07 Å². The van der Waals surface area contributed by atoms with E-state index in [-0.39, 0.29) is 5.56 Å². The molecule has 1 N–H and O–H groups in total. The van der Waals surface area contributed by atoms with Gasteiger partial charge in [-0.2, -0.15) is 5.26 Å². The first-order chi connectivity index (χ1) is 8.11. The average molecular weight is 234 g/mol. The highest BCUT2D eigenvalue weighted by molar-refractivity contribution is 5.21. The standard InChI is InChI=1S/C11H14N4O2/c1-14-4-2-3-9(14)7-15-6-8(5-12)10(16)13-11(15)17/h6,9H,2-4,7H2,1H3,(H,13,16,17). The van der Waals surface area contributed by atoms with Gasteiger partial charge < -0.3 is 4.90 Å². The molecule has 0 saturated carbocycles. The predicted molar refractivity (Wildman–Crippen MR) is 61.7 cm³/mol. The van der Waals surface area contributed by atoms with E-state index in [1.54, 1.807) is 6.07 Å². The van der Waals surface area contributed by atoms with Crippen LogP contribution in [0.3, 0.4) is 0 Å². The van der Waals surface area contributed by atoms with Gasteiger partial charge in [0.25, 0.3) is 5.56 Å². The van der Waals surface area contributed by atoms with Crippen LogP contribution in [0.15, 0.2) is 15.8 Å². The molecule has 1 saturated heterocycles. The van der Waals surface area contributed by atoms with E-state index in [1.165, 1.54) is 10.8 Å². The maximum atomic E-state index is 11.6. The van der Waals surface area contributed by atoms with E-state index >= 15 is 0 Å². The van der Waals surface area contributed by atoms with E-state index in [0.29, 0.717) is 12.6 Å². The number of aromatic amines is 1. The quantitative estimate of drug-likeness (QED) is 0.748. The maximum Gasteiger partial charge on any atom is 0.328 e. The van der Waals surface area contributed by atoms with Crippen LogP contribution < -0.4 is 11.2 Å². The molecular formula is C11H14N4O2. The molecule has 1 unspecified atom stereocenters. The zero-order valence-electron chi connectivity index (χ0n) is 9.64. The fourth-order valence-corrected chi connectivity index (χ4v) is 2.16. The summed E-state index contributed by atoms with van der Waals surface area (Å²) in [5.74, 6) is 0. The van der Waals surface area contributed by atoms with Crippen LogP contribution in [0.2, 0.25) is 0 Å². The van der Waals surface area contributed by atoms with Crippen molar-refractivity contribution in [1.29, 1.82) is 5.26 Å². The average Bonchev–Trinajstić information content (AvgIpc) is 2.68. The van der Waals surface area contributed by atoms with Crippen LogP contribution >= 0.6 is 0 Å². The molecular weight excluding hydrogens is 220 g/mol. The Kier molecular flexibility index (Phi) is 3.11. The van der Waals surface area contributed by atoms with Crippen LogP contribution in [0.25, 0.3) is 0 Å². The summed E-state index contributed by atoms with van der Waals surface area (Å²) < 4.78 is 1.41. The monoisotopic (exact) mass is 234 g/mol. The van der Waals surface area contributed by atoms with Gasteiger partial charge in [0, 0.05) is 18.8 Å². The van der Waals surface area contributed by atoms with Crippen molar-refractivity contribution in [2.75, 3.05) is 13.6 Å². The van der Waals surface area contributed by atoms with E-state index < -0.39 is 11.2 Å². The zero-order chi connectivity index (χ0) is 12.4. The van der Waals surface area contributed by atoms with Crippen molar-refractivity contribution in [3.63, 3.8) is 0 Å². The molecule has 1 aromatic heterocycles. The fraction of sp³-hybridized carbons (Fsp3) is 0.545. The minimum atomic E-state index is -0.617. The molecule has 6 nitrogen and oxygen atoms in total. The Morgan fingerprint density at radius 1 is 1.59 bits per heavy atom. The molecule has 0 spiro atoms. The first-order valence-corrected chi connectivity index (χ1v) is 5.56. The SMILES string of the molecule is CN1CCCC1Cn1cc(C#N)c(=O)[nH]c1=O. The topological polar surface area (TPSA) is 81.9 Å². The van der Waals surface area contributed by atoms with E-state index in [0.717, 1.165) is 19.4 Å². The summed E-state index contributed by atoms with van der Waals surface area (Å²) in [6.45, 7) is 1.54. The molecule has 6 heteroatoms. The Labute approximate surface area is 98.1 Å². The summed E-state index contributed by atoms with van der Waals surface area (Å²) in [6.07, 6.45) is 3.49. The summed E-state index contributed by atoms with van der Waals surface area (Å²) in [7, 11) is 2.01. The van der Waals surface area contributed by atoms with Crippen LogP contribution in [0.4, 0.5) is 0 Å². The van der Waals surface area contributed by atoms with Crippen molar-refractivity contribution in [3.05, 3.63) is 32.6 Å². The third-order valence-electron chi connectivity index (χ3n) is 3.21. The van der Waals surface area contributed by atoms with Gasteiger partial charge in [0.2, 0.25) is 0 Å². The van der Waals surface area contributed by atoms with Gasteiger partial charge in [0.1, 0.15) is 11.6 Å². The Morgan fingerprint density at radius 2 is 2.35 bits per heavy atom. The van der Waals surface area contributed by atoms with E-state index in [4.69, 9.17) is 5.26 Å². The number of rotatable bonds is 2. The number of likely N-dealkylation sites (tertiary alicyclic amines) is 1. The summed E-state index contributed by atoms with van der Waals surface area (Å²) >= 11 is 0. The number of nitrogens with zero attached hydrogens (tertiary/aromatic N) is 3. The van der Waals surface area contributed by atoms with Crippen molar-refractivity contribution < 1.29 is 0 Å². The lowest BCUT2D eigenvalue weighted by Gasteiger charge is -2.19. The fourth-order valence-electron chi connectivity index (χ4n) is 2.16. The van der Waals surface area contributed by atoms with Gasteiger partial charge in [0.15, 0.2) is 0 Å². The second-order valence-corrected chi connectivity index (χ2v) is 4.34. The van der Waals surface area contributed by atoms with Gasteiger partial charge in [-0.05, 0) is 26.4 Å². The lowest BCUT2D eigenvalue weighted by Crippen LogP contribution is -2.37. The number of nitriles is 1. The predicted octanol–water partition coefficient (Wildman–Crippen LogP) is -0.498. The molecule has 1 aliphatic rings. The third-order valence-corrected chi connectivity index (χ3v) is 3.21. The molecule has 2 rings (SSSR count). The number of nitrogens with one attached hydrogen (secondary N) is 1. The van der Waals surface area contributed by atoms with Gasteiger partial charge >= 0.3 is 5.69 Å². The minimum Gasteiger partial charge on any atom is -0.302 e.